The lowest BCUT2D eigenvalue weighted by molar-refractivity contribution is -0.384. The van der Waals surface area contributed by atoms with Crippen LogP contribution in [0.2, 0.25) is 0 Å². The van der Waals surface area contributed by atoms with Crippen LogP contribution in [-0.4, -0.2) is 58.1 Å². The second-order valence-electron chi connectivity index (χ2n) is 7.67. The molecule has 1 aliphatic heterocycles. The molecule has 1 aliphatic carbocycles. The highest BCUT2D eigenvalue weighted by molar-refractivity contribution is 5.58. The summed E-state index contributed by atoms with van der Waals surface area (Å²) in [7, 11) is 0. The minimum Gasteiger partial charge on any atom is -0.492 e. The van der Waals surface area contributed by atoms with Crippen molar-refractivity contribution < 1.29 is 14.1 Å². The molecule has 2 aliphatic rings. The molecule has 1 saturated heterocycles. The summed E-state index contributed by atoms with van der Waals surface area (Å²) in [5.41, 5.74) is -0.0941. The van der Waals surface area contributed by atoms with Gasteiger partial charge in [0.15, 0.2) is 0 Å². The molecule has 160 valence electrons. The lowest BCUT2D eigenvalue weighted by atomic mass is 10.1. The third kappa shape index (κ3) is 5.53. The molecular weight excluding hydrogens is 391 g/mol. The van der Waals surface area contributed by atoms with Crippen molar-refractivity contribution in [3.63, 3.8) is 0 Å². The Bertz CT molecular complexity index is 869. The van der Waals surface area contributed by atoms with Gasteiger partial charge < -0.3 is 15.4 Å². The Labute approximate surface area is 173 Å². The molecule has 1 aromatic heterocycles. The van der Waals surface area contributed by atoms with Gasteiger partial charge in [0.25, 0.3) is 0 Å². The molecule has 2 N–H and O–H groups in total. The van der Waals surface area contributed by atoms with Gasteiger partial charge in [-0.05, 0) is 49.9 Å². The number of nitrogens with one attached hydrogen (secondary N) is 2. The highest BCUT2D eigenvalue weighted by Gasteiger charge is 2.27. The van der Waals surface area contributed by atoms with Crippen molar-refractivity contribution in [2.24, 2.45) is 0 Å². The number of benzene rings is 1. The molecule has 0 spiro atoms. The van der Waals surface area contributed by atoms with Crippen LogP contribution in [0.5, 0.6) is 5.75 Å². The SMILES string of the molecule is O=[N+]([O-])c1cnc(NC2CCN(CCOc3ccc(F)cc3)CC2)nc1NC1CC1. The molecule has 2 aromatic rings. The number of nitrogens with zero attached hydrogens (tertiary/aromatic N) is 4. The monoisotopic (exact) mass is 416 g/mol. The molecule has 2 heterocycles. The number of nitro groups is 1. The number of hydrogen-bond acceptors (Lipinski definition) is 8. The van der Waals surface area contributed by atoms with Gasteiger partial charge in [0.2, 0.25) is 11.8 Å². The van der Waals surface area contributed by atoms with E-state index in [2.05, 4.69) is 25.5 Å². The second-order valence-corrected chi connectivity index (χ2v) is 7.67. The van der Waals surface area contributed by atoms with Crippen molar-refractivity contribution in [2.75, 3.05) is 36.9 Å². The average Bonchev–Trinajstić information content (AvgIpc) is 3.55. The Morgan fingerprint density at radius 1 is 1.13 bits per heavy atom. The van der Waals surface area contributed by atoms with E-state index in [0.717, 1.165) is 45.3 Å². The van der Waals surface area contributed by atoms with Crippen molar-refractivity contribution in [3.8, 4) is 5.75 Å². The van der Waals surface area contributed by atoms with Crippen molar-refractivity contribution in [3.05, 3.63) is 46.4 Å². The Balaban J connectivity index is 1.23. The highest BCUT2D eigenvalue weighted by Crippen LogP contribution is 2.29. The molecule has 2 fully saturated rings. The van der Waals surface area contributed by atoms with Gasteiger partial charge in [0.1, 0.15) is 24.4 Å². The number of anilines is 2. The third-order valence-electron chi connectivity index (χ3n) is 5.30. The molecule has 0 atom stereocenters. The zero-order valence-corrected chi connectivity index (χ0v) is 16.6. The first-order valence-electron chi connectivity index (χ1n) is 10.2. The maximum Gasteiger partial charge on any atom is 0.329 e. The predicted molar refractivity (Wildman–Crippen MR) is 110 cm³/mol. The Morgan fingerprint density at radius 3 is 2.50 bits per heavy atom. The number of likely N-dealkylation sites (tertiary alicyclic amines) is 1. The van der Waals surface area contributed by atoms with Crippen LogP contribution >= 0.6 is 0 Å². The maximum absolute atomic E-state index is 12.9. The van der Waals surface area contributed by atoms with Gasteiger partial charge in [-0.1, -0.05) is 0 Å². The Morgan fingerprint density at radius 2 is 1.83 bits per heavy atom. The number of halogens is 1. The van der Waals surface area contributed by atoms with E-state index >= 15 is 0 Å². The zero-order valence-electron chi connectivity index (χ0n) is 16.6. The lowest BCUT2D eigenvalue weighted by Crippen LogP contribution is -2.41. The largest absolute Gasteiger partial charge is 0.492 e. The summed E-state index contributed by atoms with van der Waals surface area (Å²) in [5, 5.41) is 17.6. The third-order valence-corrected chi connectivity index (χ3v) is 5.30. The van der Waals surface area contributed by atoms with Crippen LogP contribution in [0.15, 0.2) is 30.5 Å². The van der Waals surface area contributed by atoms with E-state index in [1.807, 2.05) is 0 Å². The highest BCUT2D eigenvalue weighted by atomic mass is 19.1. The fourth-order valence-corrected chi connectivity index (χ4v) is 3.41. The minimum atomic E-state index is -0.457. The van der Waals surface area contributed by atoms with E-state index in [-0.39, 0.29) is 29.4 Å². The zero-order chi connectivity index (χ0) is 20.9. The van der Waals surface area contributed by atoms with Gasteiger partial charge in [-0.2, -0.15) is 4.98 Å². The number of ether oxygens (including phenoxy) is 1. The maximum atomic E-state index is 12.9. The lowest BCUT2D eigenvalue weighted by Gasteiger charge is -2.32. The summed E-state index contributed by atoms with van der Waals surface area (Å²) in [6, 6.07) is 6.52. The van der Waals surface area contributed by atoms with Gasteiger partial charge in [-0.15, -0.1) is 0 Å². The summed E-state index contributed by atoms with van der Waals surface area (Å²) in [4.78, 5) is 21.5. The summed E-state index contributed by atoms with van der Waals surface area (Å²) in [5.74, 6) is 1.10. The van der Waals surface area contributed by atoms with Crippen LogP contribution in [0.1, 0.15) is 25.7 Å². The molecular formula is C20H25FN6O3. The van der Waals surface area contributed by atoms with Crippen molar-refractivity contribution in [1.82, 2.24) is 14.9 Å². The minimum absolute atomic E-state index is 0.0941. The molecule has 10 heteroatoms. The van der Waals surface area contributed by atoms with Crippen LogP contribution in [0, 0.1) is 15.9 Å². The average molecular weight is 416 g/mol. The summed E-state index contributed by atoms with van der Waals surface area (Å²) in [6.45, 7) is 3.16. The van der Waals surface area contributed by atoms with E-state index in [1.54, 1.807) is 12.1 Å². The van der Waals surface area contributed by atoms with Gasteiger partial charge in [0.05, 0.1) is 4.92 Å². The van der Waals surface area contributed by atoms with Crippen molar-refractivity contribution >= 4 is 17.5 Å². The van der Waals surface area contributed by atoms with E-state index in [0.29, 0.717) is 18.3 Å². The predicted octanol–water partition coefficient (Wildman–Crippen LogP) is 3.05. The van der Waals surface area contributed by atoms with Gasteiger partial charge in [-0.3, -0.25) is 15.0 Å². The summed E-state index contributed by atoms with van der Waals surface area (Å²) >= 11 is 0. The molecule has 0 radical (unpaired) electrons. The number of hydrogen-bond donors (Lipinski definition) is 2. The van der Waals surface area contributed by atoms with E-state index in [4.69, 9.17) is 4.74 Å². The molecule has 30 heavy (non-hydrogen) atoms. The molecule has 4 rings (SSSR count). The molecule has 0 bridgehead atoms. The molecule has 0 unspecified atom stereocenters. The molecule has 1 aromatic carbocycles. The Hall–Kier alpha value is -3.01. The summed E-state index contributed by atoms with van der Waals surface area (Å²) in [6.07, 6.45) is 5.12. The fraction of sp³-hybridized carbons (Fsp3) is 0.500. The van der Waals surface area contributed by atoms with Crippen LogP contribution in [-0.2, 0) is 0 Å². The second kappa shape index (κ2) is 9.21. The van der Waals surface area contributed by atoms with Gasteiger partial charge >= 0.3 is 5.69 Å². The van der Waals surface area contributed by atoms with Crippen molar-refractivity contribution in [2.45, 2.75) is 37.8 Å². The smallest absolute Gasteiger partial charge is 0.329 e. The van der Waals surface area contributed by atoms with Crippen LogP contribution < -0.4 is 15.4 Å². The number of rotatable bonds is 9. The molecule has 0 amide bonds. The van der Waals surface area contributed by atoms with E-state index < -0.39 is 4.92 Å². The van der Waals surface area contributed by atoms with Crippen molar-refractivity contribution in [1.29, 1.82) is 0 Å². The Kier molecular flexibility index (Phi) is 6.22. The van der Waals surface area contributed by atoms with Gasteiger partial charge in [-0.25, -0.2) is 9.37 Å². The topological polar surface area (TPSA) is 105 Å². The first kappa shape index (κ1) is 20.3. The van der Waals surface area contributed by atoms with E-state index in [1.165, 1.54) is 18.3 Å². The van der Waals surface area contributed by atoms with Crippen LogP contribution in [0.4, 0.5) is 21.8 Å². The number of aromatic nitrogens is 2. The molecule has 9 nitrogen and oxygen atoms in total. The summed E-state index contributed by atoms with van der Waals surface area (Å²) < 4.78 is 18.6. The first-order chi connectivity index (χ1) is 14.6. The first-order valence-corrected chi connectivity index (χ1v) is 10.2. The van der Waals surface area contributed by atoms with Crippen LogP contribution in [0.25, 0.3) is 0 Å². The fourth-order valence-electron chi connectivity index (χ4n) is 3.41. The normalized spacial score (nSPS) is 17.5. The number of piperidine rings is 1. The van der Waals surface area contributed by atoms with Crippen LogP contribution in [0.3, 0.4) is 0 Å². The van der Waals surface area contributed by atoms with Gasteiger partial charge in [0, 0.05) is 31.7 Å². The standard InChI is InChI=1S/C20H25FN6O3/c21-14-1-5-17(6-2-14)30-12-11-26-9-7-16(8-10-26)24-20-22-13-18(27(28)29)19(25-20)23-15-3-4-15/h1-2,5-6,13,15-16H,3-4,7-12H2,(H2,22,23,24,25). The quantitative estimate of drug-likeness (QED) is 0.475. The molecule has 1 saturated carbocycles. The van der Waals surface area contributed by atoms with E-state index in [9.17, 15) is 14.5 Å².